The summed E-state index contributed by atoms with van der Waals surface area (Å²) in [6, 6.07) is 23.1. The van der Waals surface area contributed by atoms with Crippen molar-refractivity contribution in [3.05, 3.63) is 85.1 Å². The normalized spacial score (nSPS) is 11.5. The van der Waals surface area contributed by atoms with Crippen molar-refractivity contribution in [2.24, 2.45) is 0 Å². The summed E-state index contributed by atoms with van der Waals surface area (Å²) >= 11 is 1.55. The van der Waals surface area contributed by atoms with Gasteiger partial charge in [-0.2, -0.15) is 0 Å². The molecule has 0 bridgehead atoms. The number of benzene rings is 3. The van der Waals surface area contributed by atoms with Crippen LogP contribution in [-0.2, 0) is 21.2 Å². The van der Waals surface area contributed by atoms with Gasteiger partial charge in [0, 0.05) is 22.0 Å². The van der Waals surface area contributed by atoms with Gasteiger partial charge in [0.25, 0.3) is 0 Å². The van der Waals surface area contributed by atoms with E-state index in [9.17, 15) is 13.2 Å². The Kier molecular flexibility index (Phi) is 5.65. The highest BCUT2D eigenvalue weighted by molar-refractivity contribution is 7.98. The first-order valence-electron chi connectivity index (χ1n) is 9.31. The Morgan fingerprint density at radius 3 is 2.37 bits per heavy atom. The Morgan fingerprint density at radius 1 is 0.933 bits per heavy atom. The second kappa shape index (κ2) is 8.38. The summed E-state index contributed by atoms with van der Waals surface area (Å²) in [5, 5.41) is 3.52. The molecule has 7 heteroatoms. The number of amides is 1. The molecule has 5 nitrogen and oxygen atoms in total. The molecule has 0 aliphatic carbocycles. The van der Waals surface area contributed by atoms with E-state index in [-0.39, 0.29) is 22.2 Å². The predicted octanol–water partition coefficient (Wildman–Crippen LogP) is 4.83. The number of aromatic nitrogens is 1. The Labute approximate surface area is 179 Å². The van der Waals surface area contributed by atoms with Crippen LogP contribution in [0.5, 0.6) is 0 Å². The highest BCUT2D eigenvalue weighted by Gasteiger charge is 2.23. The molecule has 3 aromatic carbocycles. The van der Waals surface area contributed by atoms with Crippen molar-refractivity contribution in [1.82, 2.24) is 4.57 Å². The number of nitrogens with zero attached hydrogens (tertiary/aromatic N) is 1. The van der Waals surface area contributed by atoms with Gasteiger partial charge >= 0.3 is 0 Å². The molecule has 30 heavy (non-hydrogen) atoms. The fraction of sp³-hybridized carbons (Fsp3) is 0.0870. The quantitative estimate of drug-likeness (QED) is 0.440. The third kappa shape index (κ3) is 3.86. The Balaban J connectivity index is 1.70. The highest BCUT2D eigenvalue weighted by atomic mass is 32.2. The smallest absolute Gasteiger partial charge is 0.244 e. The Hall–Kier alpha value is -3.03. The summed E-state index contributed by atoms with van der Waals surface area (Å²) in [5.41, 5.74) is 1.43. The predicted molar refractivity (Wildman–Crippen MR) is 121 cm³/mol. The maximum Gasteiger partial charge on any atom is 0.244 e. The van der Waals surface area contributed by atoms with E-state index in [2.05, 4.69) is 5.32 Å². The maximum atomic E-state index is 13.2. The fourth-order valence-corrected chi connectivity index (χ4v) is 5.43. The highest BCUT2D eigenvalue weighted by Crippen LogP contribution is 2.30. The molecule has 4 rings (SSSR count). The molecular weight excluding hydrogens is 416 g/mol. The van der Waals surface area contributed by atoms with Crippen molar-refractivity contribution >= 4 is 44.1 Å². The van der Waals surface area contributed by atoms with Gasteiger partial charge < -0.3 is 9.88 Å². The summed E-state index contributed by atoms with van der Waals surface area (Å²) in [4.78, 5) is 14.1. The number of carbonyl (C=O) groups is 1. The van der Waals surface area contributed by atoms with Crippen molar-refractivity contribution in [3.8, 4) is 0 Å². The molecule has 0 saturated carbocycles. The second-order valence-corrected chi connectivity index (χ2v) is 9.47. The number of fused-ring (bicyclic) bond motifs is 1. The van der Waals surface area contributed by atoms with Gasteiger partial charge in [0.05, 0.1) is 15.5 Å². The minimum absolute atomic E-state index is 0.00748. The number of sulfone groups is 1. The first-order valence-corrected chi connectivity index (χ1v) is 12.0. The molecule has 152 valence electrons. The standard InChI is InChI=1S/C23H20N2O3S2/c1-29-21-14-8-6-12-19(21)24-23(26)16-25-15-22(18-11-5-7-13-20(18)25)30(27,28)17-9-3-2-4-10-17/h2-15H,16H2,1H3,(H,24,26). The third-order valence-corrected chi connectivity index (χ3v) is 7.38. The Morgan fingerprint density at radius 2 is 1.60 bits per heavy atom. The van der Waals surface area contributed by atoms with Gasteiger partial charge in [0.15, 0.2) is 0 Å². The number of thioether (sulfide) groups is 1. The first kappa shape index (κ1) is 20.3. The third-order valence-electron chi connectivity index (χ3n) is 4.79. The fourth-order valence-electron chi connectivity index (χ4n) is 3.38. The van der Waals surface area contributed by atoms with Gasteiger partial charge in [-0.3, -0.25) is 4.79 Å². The van der Waals surface area contributed by atoms with E-state index in [1.807, 2.05) is 42.7 Å². The molecule has 1 aromatic heterocycles. The van der Waals surface area contributed by atoms with Gasteiger partial charge in [-0.15, -0.1) is 11.8 Å². The molecule has 1 N–H and O–H groups in total. The monoisotopic (exact) mass is 436 g/mol. The van der Waals surface area contributed by atoms with E-state index in [0.717, 1.165) is 10.6 Å². The summed E-state index contributed by atoms with van der Waals surface area (Å²) in [5.74, 6) is -0.221. The van der Waals surface area contributed by atoms with Crippen LogP contribution in [0.1, 0.15) is 0 Å². The van der Waals surface area contributed by atoms with Gasteiger partial charge in [0.2, 0.25) is 15.7 Å². The van der Waals surface area contributed by atoms with E-state index in [0.29, 0.717) is 10.9 Å². The molecule has 4 aromatic rings. The van der Waals surface area contributed by atoms with Crippen molar-refractivity contribution < 1.29 is 13.2 Å². The number of carbonyl (C=O) groups excluding carboxylic acids is 1. The van der Waals surface area contributed by atoms with Crippen LogP contribution in [-0.4, -0.2) is 25.1 Å². The SMILES string of the molecule is CSc1ccccc1NC(=O)Cn1cc(S(=O)(=O)c2ccccc2)c2ccccc21. The van der Waals surface area contributed by atoms with E-state index in [4.69, 9.17) is 0 Å². The van der Waals surface area contributed by atoms with Crippen LogP contribution in [0.3, 0.4) is 0 Å². The van der Waals surface area contributed by atoms with Crippen molar-refractivity contribution in [3.63, 3.8) is 0 Å². The zero-order chi connectivity index (χ0) is 21.1. The largest absolute Gasteiger partial charge is 0.337 e. The molecule has 0 aliphatic rings. The lowest BCUT2D eigenvalue weighted by Gasteiger charge is -2.10. The van der Waals surface area contributed by atoms with Crippen LogP contribution in [0.4, 0.5) is 5.69 Å². The minimum Gasteiger partial charge on any atom is -0.337 e. The van der Waals surface area contributed by atoms with E-state index < -0.39 is 9.84 Å². The van der Waals surface area contributed by atoms with Gasteiger partial charge in [-0.05, 0) is 36.6 Å². The first-order chi connectivity index (χ1) is 14.5. The van der Waals surface area contributed by atoms with Crippen LogP contribution in [0.25, 0.3) is 10.9 Å². The number of nitrogens with one attached hydrogen (secondary N) is 1. The lowest BCUT2D eigenvalue weighted by Crippen LogP contribution is -2.18. The number of hydrogen-bond acceptors (Lipinski definition) is 4. The van der Waals surface area contributed by atoms with Crippen molar-refractivity contribution in [1.29, 1.82) is 0 Å². The summed E-state index contributed by atoms with van der Waals surface area (Å²) in [6.07, 6.45) is 3.50. The van der Waals surface area contributed by atoms with Crippen molar-refractivity contribution in [2.75, 3.05) is 11.6 Å². The molecule has 0 atom stereocenters. The molecule has 0 unspecified atom stereocenters. The molecule has 0 saturated heterocycles. The molecule has 0 radical (unpaired) electrons. The molecule has 0 spiro atoms. The second-order valence-electron chi connectivity index (χ2n) is 6.70. The van der Waals surface area contributed by atoms with Crippen LogP contribution >= 0.6 is 11.8 Å². The molecule has 0 fully saturated rings. The number of rotatable bonds is 6. The summed E-state index contributed by atoms with van der Waals surface area (Å²) < 4.78 is 28.1. The van der Waals surface area contributed by atoms with Crippen LogP contribution in [0, 0.1) is 0 Å². The molecular formula is C23H20N2O3S2. The average Bonchev–Trinajstić information content (AvgIpc) is 3.14. The van der Waals surface area contributed by atoms with E-state index in [1.165, 1.54) is 0 Å². The van der Waals surface area contributed by atoms with Gasteiger partial charge in [0.1, 0.15) is 6.54 Å². The molecule has 1 heterocycles. The van der Waals surface area contributed by atoms with Crippen LogP contribution < -0.4 is 5.32 Å². The van der Waals surface area contributed by atoms with Crippen molar-refractivity contribution in [2.45, 2.75) is 21.2 Å². The molecule has 0 aliphatic heterocycles. The van der Waals surface area contributed by atoms with Crippen LogP contribution in [0.15, 0.2) is 99.7 Å². The maximum absolute atomic E-state index is 13.2. The summed E-state index contributed by atoms with van der Waals surface area (Å²) in [7, 11) is -3.71. The van der Waals surface area contributed by atoms with Gasteiger partial charge in [-0.1, -0.05) is 48.5 Å². The number of hydrogen-bond donors (Lipinski definition) is 1. The number of anilines is 1. The van der Waals surface area contributed by atoms with Crippen LogP contribution in [0.2, 0.25) is 0 Å². The summed E-state index contributed by atoms with van der Waals surface area (Å²) in [6.45, 7) is 0.00748. The lowest BCUT2D eigenvalue weighted by atomic mass is 10.2. The number of para-hydroxylation sites is 2. The topological polar surface area (TPSA) is 68.2 Å². The van der Waals surface area contributed by atoms with Gasteiger partial charge in [-0.25, -0.2) is 8.42 Å². The minimum atomic E-state index is -3.71. The Bertz CT molecular complexity index is 1310. The van der Waals surface area contributed by atoms with E-state index >= 15 is 0 Å². The molecule has 1 amide bonds. The lowest BCUT2D eigenvalue weighted by molar-refractivity contribution is -0.116. The average molecular weight is 437 g/mol. The zero-order valence-electron chi connectivity index (χ0n) is 16.3. The zero-order valence-corrected chi connectivity index (χ0v) is 17.9. The van der Waals surface area contributed by atoms with E-state index in [1.54, 1.807) is 65.0 Å².